The highest BCUT2D eigenvalue weighted by Crippen LogP contribution is 2.40. The molecule has 2 atom stereocenters. The molecule has 1 saturated heterocycles. The Balaban J connectivity index is 1.76. The van der Waals surface area contributed by atoms with Gasteiger partial charge in [-0.3, -0.25) is 0 Å². The smallest absolute Gasteiger partial charge is 0.208 e. The standard InChI is InChI=1S/C17H16BrCl2NO3/c1-22-13-5-3-12(4-6-13)21-16-9-23-17(10-18,24-16)14-7-2-11(19)8-15(14)20/h2-8,16,21H,9-10H2,1H3. The average Bonchev–Trinajstić information content (AvgIpc) is 2.99. The molecule has 1 heterocycles. The van der Waals surface area contributed by atoms with Crippen molar-refractivity contribution in [2.24, 2.45) is 0 Å². The Labute approximate surface area is 159 Å². The molecule has 0 saturated carbocycles. The molecule has 2 aromatic rings. The first-order valence-electron chi connectivity index (χ1n) is 7.30. The van der Waals surface area contributed by atoms with Crippen LogP contribution in [-0.4, -0.2) is 25.3 Å². The van der Waals surface area contributed by atoms with Gasteiger partial charge in [-0.25, -0.2) is 0 Å². The van der Waals surface area contributed by atoms with Gasteiger partial charge >= 0.3 is 0 Å². The molecular weight excluding hydrogens is 417 g/mol. The third-order valence-electron chi connectivity index (χ3n) is 3.74. The minimum Gasteiger partial charge on any atom is -0.497 e. The molecule has 0 aromatic heterocycles. The maximum atomic E-state index is 6.32. The fraction of sp³-hybridized carbons (Fsp3) is 0.294. The quantitative estimate of drug-likeness (QED) is 0.672. The molecule has 4 nitrogen and oxygen atoms in total. The number of benzene rings is 2. The van der Waals surface area contributed by atoms with Gasteiger partial charge in [-0.2, -0.15) is 0 Å². The van der Waals surface area contributed by atoms with E-state index in [4.69, 9.17) is 37.4 Å². The lowest BCUT2D eigenvalue weighted by Crippen LogP contribution is -2.32. The summed E-state index contributed by atoms with van der Waals surface area (Å²) in [6.45, 7) is 0.386. The Morgan fingerprint density at radius 2 is 2.00 bits per heavy atom. The first-order valence-corrected chi connectivity index (χ1v) is 9.18. The molecule has 2 unspecified atom stereocenters. The summed E-state index contributed by atoms with van der Waals surface area (Å²) in [4.78, 5) is 0. The van der Waals surface area contributed by atoms with Crippen molar-refractivity contribution in [1.29, 1.82) is 0 Å². The van der Waals surface area contributed by atoms with E-state index >= 15 is 0 Å². The maximum absolute atomic E-state index is 6.32. The lowest BCUT2D eigenvalue weighted by molar-refractivity contribution is -0.153. The Bertz CT molecular complexity index is 713. The van der Waals surface area contributed by atoms with E-state index in [1.54, 1.807) is 19.2 Å². The van der Waals surface area contributed by atoms with E-state index in [0.29, 0.717) is 22.0 Å². The van der Waals surface area contributed by atoms with E-state index in [1.807, 2.05) is 30.3 Å². The first kappa shape index (κ1) is 17.8. The summed E-state index contributed by atoms with van der Waals surface area (Å²) in [5.74, 6) is -0.155. The number of alkyl halides is 1. The molecule has 1 fully saturated rings. The minimum absolute atomic E-state index is 0.303. The van der Waals surface area contributed by atoms with Gasteiger partial charge in [-0.1, -0.05) is 45.2 Å². The molecule has 1 aliphatic rings. The minimum atomic E-state index is -0.953. The lowest BCUT2D eigenvalue weighted by atomic mass is 10.1. The van der Waals surface area contributed by atoms with Crippen molar-refractivity contribution < 1.29 is 14.2 Å². The normalized spacial score (nSPS) is 23.2. The zero-order valence-corrected chi connectivity index (χ0v) is 16.0. The van der Waals surface area contributed by atoms with Crippen molar-refractivity contribution in [2.45, 2.75) is 12.0 Å². The van der Waals surface area contributed by atoms with Crippen LogP contribution in [0.4, 0.5) is 5.69 Å². The topological polar surface area (TPSA) is 39.7 Å². The third-order valence-corrected chi connectivity index (χ3v) is 5.02. The maximum Gasteiger partial charge on any atom is 0.208 e. The zero-order valence-electron chi connectivity index (χ0n) is 12.9. The number of methoxy groups -OCH3 is 1. The Hall–Kier alpha value is -0.980. The van der Waals surface area contributed by atoms with Gasteiger partial charge < -0.3 is 19.5 Å². The molecule has 128 valence electrons. The summed E-state index contributed by atoms with van der Waals surface area (Å²) < 4.78 is 17.2. The van der Waals surface area contributed by atoms with Crippen molar-refractivity contribution in [1.82, 2.24) is 0 Å². The van der Waals surface area contributed by atoms with E-state index in [1.165, 1.54) is 0 Å². The number of ether oxygens (including phenoxy) is 3. The van der Waals surface area contributed by atoms with Gasteiger partial charge in [0.15, 0.2) is 6.23 Å². The van der Waals surface area contributed by atoms with Crippen LogP contribution >= 0.6 is 39.1 Å². The van der Waals surface area contributed by atoms with E-state index in [-0.39, 0.29) is 6.23 Å². The van der Waals surface area contributed by atoms with E-state index < -0.39 is 5.79 Å². The third kappa shape index (κ3) is 3.65. The summed E-state index contributed by atoms with van der Waals surface area (Å²) in [5, 5.41) is 4.81. The molecule has 0 spiro atoms. The Morgan fingerprint density at radius 3 is 2.62 bits per heavy atom. The molecule has 7 heteroatoms. The fourth-order valence-corrected chi connectivity index (χ4v) is 3.68. The summed E-state index contributed by atoms with van der Waals surface area (Å²) in [5.41, 5.74) is 1.65. The molecular formula is C17H16BrCl2NO3. The van der Waals surface area contributed by atoms with Crippen LogP contribution in [0.5, 0.6) is 5.75 Å². The summed E-state index contributed by atoms with van der Waals surface area (Å²) >= 11 is 15.8. The van der Waals surface area contributed by atoms with Crippen LogP contribution in [0.2, 0.25) is 10.0 Å². The van der Waals surface area contributed by atoms with Gasteiger partial charge in [-0.15, -0.1) is 0 Å². The molecule has 0 aliphatic carbocycles. The van der Waals surface area contributed by atoms with Gasteiger partial charge in [0.2, 0.25) is 5.79 Å². The largest absolute Gasteiger partial charge is 0.497 e. The van der Waals surface area contributed by atoms with Crippen molar-refractivity contribution in [3.05, 3.63) is 58.1 Å². The van der Waals surface area contributed by atoms with Crippen LogP contribution in [0.25, 0.3) is 0 Å². The molecule has 1 aliphatic heterocycles. The van der Waals surface area contributed by atoms with Crippen molar-refractivity contribution in [3.63, 3.8) is 0 Å². The average molecular weight is 433 g/mol. The highest BCUT2D eigenvalue weighted by atomic mass is 79.9. The second-order valence-corrected chi connectivity index (χ2v) is 6.71. The number of hydrogen-bond acceptors (Lipinski definition) is 4. The predicted molar refractivity (Wildman–Crippen MR) is 99.4 cm³/mol. The van der Waals surface area contributed by atoms with Crippen LogP contribution in [0.15, 0.2) is 42.5 Å². The molecule has 2 aromatic carbocycles. The predicted octanol–water partition coefficient (Wildman–Crippen LogP) is 5.03. The second kappa shape index (κ2) is 7.50. The van der Waals surface area contributed by atoms with Gasteiger partial charge in [0.05, 0.1) is 24.1 Å². The van der Waals surface area contributed by atoms with Crippen molar-refractivity contribution >= 4 is 44.8 Å². The fourth-order valence-electron chi connectivity index (χ4n) is 2.53. The van der Waals surface area contributed by atoms with Gasteiger partial charge in [0.1, 0.15) is 5.75 Å². The van der Waals surface area contributed by atoms with Crippen LogP contribution in [0.3, 0.4) is 0 Å². The Kier molecular flexibility index (Phi) is 5.57. The second-order valence-electron chi connectivity index (χ2n) is 5.30. The number of hydrogen-bond donors (Lipinski definition) is 1. The summed E-state index contributed by atoms with van der Waals surface area (Å²) in [7, 11) is 1.64. The molecule has 3 rings (SSSR count). The van der Waals surface area contributed by atoms with E-state index in [2.05, 4.69) is 21.2 Å². The molecule has 0 bridgehead atoms. The van der Waals surface area contributed by atoms with Crippen LogP contribution in [0, 0.1) is 0 Å². The summed E-state index contributed by atoms with van der Waals surface area (Å²) in [6, 6.07) is 12.9. The monoisotopic (exact) mass is 431 g/mol. The van der Waals surface area contributed by atoms with Gasteiger partial charge in [0, 0.05) is 16.3 Å². The number of nitrogens with one attached hydrogen (secondary N) is 1. The van der Waals surface area contributed by atoms with E-state index in [0.717, 1.165) is 17.0 Å². The number of halogens is 3. The van der Waals surface area contributed by atoms with Crippen molar-refractivity contribution in [2.75, 3.05) is 24.4 Å². The van der Waals surface area contributed by atoms with Gasteiger partial charge in [0.25, 0.3) is 0 Å². The van der Waals surface area contributed by atoms with Crippen molar-refractivity contribution in [3.8, 4) is 5.75 Å². The van der Waals surface area contributed by atoms with Crippen LogP contribution in [-0.2, 0) is 15.3 Å². The molecule has 0 radical (unpaired) electrons. The van der Waals surface area contributed by atoms with Crippen LogP contribution < -0.4 is 10.1 Å². The highest BCUT2D eigenvalue weighted by Gasteiger charge is 2.44. The highest BCUT2D eigenvalue weighted by molar-refractivity contribution is 9.09. The SMILES string of the molecule is COc1ccc(NC2COC(CBr)(c3ccc(Cl)cc3Cl)O2)cc1. The van der Waals surface area contributed by atoms with Crippen LogP contribution in [0.1, 0.15) is 5.56 Å². The molecule has 24 heavy (non-hydrogen) atoms. The Morgan fingerprint density at radius 1 is 1.25 bits per heavy atom. The first-order chi connectivity index (χ1) is 11.6. The molecule has 1 N–H and O–H groups in total. The molecule has 0 amide bonds. The van der Waals surface area contributed by atoms with Gasteiger partial charge in [-0.05, 0) is 36.4 Å². The summed E-state index contributed by atoms with van der Waals surface area (Å²) in [6.07, 6.45) is -0.303. The number of rotatable bonds is 5. The van der Waals surface area contributed by atoms with E-state index in [9.17, 15) is 0 Å². The zero-order chi connectivity index (χ0) is 17.2. The lowest BCUT2D eigenvalue weighted by Gasteiger charge is -2.27. The number of anilines is 1.